The van der Waals surface area contributed by atoms with Gasteiger partial charge < -0.3 is 20.6 Å². The predicted octanol–water partition coefficient (Wildman–Crippen LogP) is 2.57. The number of benzene rings is 1. The molecular formula is C20H34N4OS. The quantitative estimate of drug-likeness (QED) is 0.267. The molecule has 26 heavy (non-hydrogen) atoms. The molecular weight excluding hydrogens is 344 g/mol. The van der Waals surface area contributed by atoms with Crippen molar-refractivity contribution in [1.82, 2.24) is 15.5 Å². The standard InChI is InChI=1S/C20H34N4OS/c1-3-21-20(22-12-7-13-24-14-10-18(25)11-15-24)23-16-17(2)26-19-8-5-4-6-9-19/h4-6,8-9,17-18,25H,3,7,10-16H2,1-2H3,(H2,21,22,23). The van der Waals surface area contributed by atoms with E-state index in [1.165, 1.54) is 4.90 Å². The van der Waals surface area contributed by atoms with Gasteiger partial charge in [-0.05, 0) is 44.9 Å². The Morgan fingerprint density at radius 2 is 2.00 bits per heavy atom. The zero-order valence-corrected chi connectivity index (χ0v) is 17.0. The van der Waals surface area contributed by atoms with Gasteiger partial charge in [0.2, 0.25) is 0 Å². The van der Waals surface area contributed by atoms with Crippen LogP contribution >= 0.6 is 11.8 Å². The first-order valence-electron chi connectivity index (χ1n) is 9.81. The van der Waals surface area contributed by atoms with E-state index >= 15 is 0 Å². The lowest BCUT2D eigenvalue weighted by Gasteiger charge is -2.29. The number of nitrogens with one attached hydrogen (secondary N) is 2. The van der Waals surface area contributed by atoms with E-state index in [2.05, 4.69) is 53.6 Å². The van der Waals surface area contributed by atoms with Crippen molar-refractivity contribution in [3.05, 3.63) is 30.3 Å². The number of nitrogens with zero attached hydrogens (tertiary/aromatic N) is 2. The van der Waals surface area contributed by atoms with Crippen LogP contribution in [-0.4, -0.2) is 66.6 Å². The zero-order valence-electron chi connectivity index (χ0n) is 16.2. The van der Waals surface area contributed by atoms with Crippen LogP contribution in [0.25, 0.3) is 0 Å². The van der Waals surface area contributed by atoms with Crippen molar-refractivity contribution in [3.63, 3.8) is 0 Å². The second-order valence-electron chi connectivity index (χ2n) is 6.81. The molecule has 2 rings (SSSR count). The van der Waals surface area contributed by atoms with E-state index < -0.39 is 0 Å². The zero-order chi connectivity index (χ0) is 18.6. The number of hydrogen-bond acceptors (Lipinski definition) is 4. The third-order valence-corrected chi connectivity index (χ3v) is 5.53. The number of likely N-dealkylation sites (tertiary alicyclic amines) is 1. The van der Waals surface area contributed by atoms with E-state index in [1.54, 1.807) is 0 Å². The molecule has 1 aliphatic heterocycles. The van der Waals surface area contributed by atoms with Crippen molar-refractivity contribution in [2.75, 3.05) is 39.3 Å². The average Bonchev–Trinajstić information content (AvgIpc) is 2.65. The van der Waals surface area contributed by atoms with Gasteiger partial charge in [-0.15, -0.1) is 11.8 Å². The summed E-state index contributed by atoms with van der Waals surface area (Å²) in [5.74, 6) is 0.905. The molecule has 5 nitrogen and oxygen atoms in total. The van der Waals surface area contributed by atoms with Crippen LogP contribution in [0.1, 0.15) is 33.1 Å². The average molecular weight is 379 g/mol. The molecule has 1 atom stereocenters. The Bertz CT molecular complexity index is 518. The molecule has 1 unspecified atom stereocenters. The third-order valence-electron chi connectivity index (χ3n) is 4.43. The van der Waals surface area contributed by atoms with Crippen LogP contribution in [0.5, 0.6) is 0 Å². The molecule has 0 spiro atoms. The number of rotatable bonds is 9. The molecule has 1 aromatic rings. The Labute approximate surface area is 162 Å². The molecule has 0 amide bonds. The van der Waals surface area contributed by atoms with Gasteiger partial charge in [0.1, 0.15) is 0 Å². The summed E-state index contributed by atoms with van der Waals surface area (Å²) in [4.78, 5) is 8.46. The van der Waals surface area contributed by atoms with Crippen molar-refractivity contribution in [2.45, 2.75) is 49.4 Å². The molecule has 146 valence electrons. The van der Waals surface area contributed by atoms with Gasteiger partial charge in [-0.3, -0.25) is 4.99 Å². The van der Waals surface area contributed by atoms with Crippen molar-refractivity contribution < 1.29 is 5.11 Å². The van der Waals surface area contributed by atoms with Crippen LogP contribution in [-0.2, 0) is 0 Å². The molecule has 3 N–H and O–H groups in total. The van der Waals surface area contributed by atoms with E-state index in [4.69, 9.17) is 4.99 Å². The second-order valence-corrected chi connectivity index (χ2v) is 8.33. The topological polar surface area (TPSA) is 59.9 Å². The third kappa shape index (κ3) is 8.43. The van der Waals surface area contributed by atoms with Crippen molar-refractivity contribution >= 4 is 17.7 Å². The van der Waals surface area contributed by atoms with Gasteiger partial charge in [0.25, 0.3) is 0 Å². The fraction of sp³-hybridized carbons (Fsp3) is 0.650. The van der Waals surface area contributed by atoms with E-state index in [1.807, 2.05) is 17.8 Å². The molecule has 6 heteroatoms. The van der Waals surface area contributed by atoms with E-state index in [0.717, 1.165) is 64.5 Å². The highest BCUT2D eigenvalue weighted by Crippen LogP contribution is 2.22. The summed E-state index contributed by atoms with van der Waals surface area (Å²) in [7, 11) is 0. The Morgan fingerprint density at radius 1 is 1.27 bits per heavy atom. The molecule has 0 aromatic heterocycles. The lowest BCUT2D eigenvalue weighted by molar-refractivity contribution is 0.0823. The minimum Gasteiger partial charge on any atom is -0.393 e. The summed E-state index contributed by atoms with van der Waals surface area (Å²) >= 11 is 1.86. The second kappa shape index (κ2) is 12.2. The van der Waals surface area contributed by atoms with Crippen LogP contribution < -0.4 is 10.6 Å². The first-order chi connectivity index (χ1) is 12.7. The molecule has 1 saturated heterocycles. The SMILES string of the molecule is CCNC(=NCC(C)Sc1ccccc1)NCCCN1CCC(O)CC1. The van der Waals surface area contributed by atoms with E-state index in [-0.39, 0.29) is 6.10 Å². The van der Waals surface area contributed by atoms with Gasteiger partial charge in [-0.1, -0.05) is 25.1 Å². The van der Waals surface area contributed by atoms with Gasteiger partial charge in [-0.2, -0.15) is 0 Å². The molecule has 1 aromatic carbocycles. The Balaban J connectivity index is 1.67. The number of thioether (sulfide) groups is 1. The highest BCUT2D eigenvalue weighted by atomic mass is 32.2. The fourth-order valence-corrected chi connectivity index (χ4v) is 3.91. The van der Waals surface area contributed by atoms with Crippen LogP contribution in [0.3, 0.4) is 0 Å². The number of aliphatic imine (C=N–C) groups is 1. The number of guanidine groups is 1. The first kappa shape index (κ1) is 21.1. The summed E-state index contributed by atoms with van der Waals surface area (Å²) < 4.78 is 0. The summed E-state index contributed by atoms with van der Waals surface area (Å²) in [5.41, 5.74) is 0. The lowest BCUT2D eigenvalue weighted by atomic mass is 10.1. The number of aliphatic hydroxyl groups is 1. The normalized spacial score (nSPS) is 17.9. The van der Waals surface area contributed by atoms with E-state index in [9.17, 15) is 5.11 Å². The molecule has 1 heterocycles. The van der Waals surface area contributed by atoms with Crippen LogP contribution in [0.15, 0.2) is 40.2 Å². The van der Waals surface area contributed by atoms with Gasteiger partial charge in [0.15, 0.2) is 5.96 Å². The fourth-order valence-electron chi connectivity index (χ4n) is 2.98. The van der Waals surface area contributed by atoms with Gasteiger partial charge in [0, 0.05) is 36.3 Å². The van der Waals surface area contributed by atoms with Gasteiger partial charge in [-0.25, -0.2) is 0 Å². The molecule has 0 aliphatic carbocycles. The maximum atomic E-state index is 9.56. The van der Waals surface area contributed by atoms with Crippen molar-refractivity contribution in [1.29, 1.82) is 0 Å². The largest absolute Gasteiger partial charge is 0.393 e. The van der Waals surface area contributed by atoms with E-state index in [0.29, 0.717) is 5.25 Å². The van der Waals surface area contributed by atoms with Crippen molar-refractivity contribution in [3.8, 4) is 0 Å². The van der Waals surface area contributed by atoms with Crippen LogP contribution in [0.2, 0.25) is 0 Å². The highest BCUT2D eigenvalue weighted by molar-refractivity contribution is 8.00. The van der Waals surface area contributed by atoms with Crippen molar-refractivity contribution in [2.24, 2.45) is 4.99 Å². The first-order valence-corrected chi connectivity index (χ1v) is 10.7. The predicted molar refractivity (Wildman–Crippen MR) is 112 cm³/mol. The maximum absolute atomic E-state index is 9.56. The Kier molecular flexibility index (Phi) is 9.89. The van der Waals surface area contributed by atoms with Crippen LogP contribution in [0.4, 0.5) is 0 Å². The summed E-state index contributed by atoms with van der Waals surface area (Å²) in [6, 6.07) is 10.5. The maximum Gasteiger partial charge on any atom is 0.191 e. The molecule has 1 aliphatic rings. The minimum atomic E-state index is -0.0902. The summed E-state index contributed by atoms with van der Waals surface area (Å²) in [6.07, 6.45) is 2.82. The Morgan fingerprint density at radius 3 is 2.69 bits per heavy atom. The summed E-state index contributed by atoms with van der Waals surface area (Å²) in [5, 5.41) is 16.8. The molecule has 1 fully saturated rings. The number of piperidine rings is 1. The van der Waals surface area contributed by atoms with Gasteiger partial charge >= 0.3 is 0 Å². The molecule has 0 radical (unpaired) electrons. The smallest absolute Gasteiger partial charge is 0.191 e. The van der Waals surface area contributed by atoms with Crippen LogP contribution in [0, 0.1) is 0 Å². The Hall–Kier alpha value is -1.24. The number of aliphatic hydroxyl groups excluding tert-OH is 1. The molecule has 0 saturated carbocycles. The lowest BCUT2D eigenvalue weighted by Crippen LogP contribution is -2.40. The van der Waals surface area contributed by atoms with Gasteiger partial charge in [0.05, 0.1) is 12.6 Å². The monoisotopic (exact) mass is 378 g/mol. The highest BCUT2D eigenvalue weighted by Gasteiger charge is 2.16. The number of hydrogen-bond donors (Lipinski definition) is 3. The summed E-state index contributed by atoms with van der Waals surface area (Å²) in [6.45, 7) is 10.0. The minimum absolute atomic E-state index is 0.0902. The molecule has 0 bridgehead atoms.